The van der Waals surface area contributed by atoms with Gasteiger partial charge in [0.1, 0.15) is 12.1 Å². The fourth-order valence-corrected chi connectivity index (χ4v) is 2.17. The number of nitrogens with zero attached hydrogens (tertiary/aromatic N) is 2. The molecule has 6 heteroatoms. The summed E-state index contributed by atoms with van der Waals surface area (Å²) in [7, 11) is 0. The highest BCUT2D eigenvalue weighted by molar-refractivity contribution is 4.98. The third-order valence-corrected chi connectivity index (χ3v) is 3.02. The summed E-state index contributed by atoms with van der Waals surface area (Å²) >= 11 is 0. The first-order valence-electron chi connectivity index (χ1n) is 4.97. The van der Waals surface area contributed by atoms with E-state index in [9.17, 15) is 5.11 Å². The fourth-order valence-electron chi connectivity index (χ4n) is 2.17. The second-order valence-corrected chi connectivity index (χ2v) is 3.92. The van der Waals surface area contributed by atoms with Crippen molar-refractivity contribution < 1.29 is 14.6 Å². The van der Waals surface area contributed by atoms with E-state index in [0.29, 0.717) is 6.61 Å². The van der Waals surface area contributed by atoms with Crippen LogP contribution in [0.15, 0.2) is 18.5 Å². The van der Waals surface area contributed by atoms with E-state index >= 15 is 0 Å². The third kappa shape index (κ3) is 1.30. The summed E-state index contributed by atoms with van der Waals surface area (Å²) in [6.07, 6.45) is 2.10. The molecule has 82 valence electrons. The largest absolute Gasteiger partial charge is 0.389 e. The van der Waals surface area contributed by atoms with Crippen molar-refractivity contribution in [1.82, 2.24) is 9.78 Å². The monoisotopic (exact) mass is 211 g/mol. The lowest BCUT2D eigenvalue weighted by atomic mass is 9.97. The molecule has 1 aromatic rings. The van der Waals surface area contributed by atoms with Gasteiger partial charge in [-0.3, -0.25) is 4.68 Å². The first-order valence-corrected chi connectivity index (χ1v) is 4.97. The molecule has 0 aromatic carbocycles. The molecule has 3 heterocycles. The number of fused-ring (bicyclic) bond motifs is 2. The van der Waals surface area contributed by atoms with E-state index in [-0.39, 0.29) is 12.1 Å². The Balaban J connectivity index is 1.93. The molecule has 0 radical (unpaired) electrons. The zero-order valence-corrected chi connectivity index (χ0v) is 8.06. The average molecular weight is 211 g/mol. The maximum Gasteiger partial charge on any atom is 0.183 e. The van der Waals surface area contributed by atoms with Crippen molar-refractivity contribution in [3.63, 3.8) is 0 Å². The van der Waals surface area contributed by atoms with Gasteiger partial charge in [-0.1, -0.05) is 0 Å². The van der Waals surface area contributed by atoms with Crippen LogP contribution in [0.2, 0.25) is 0 Å². The molecule has 1 aromatic heterocycles. The number of aromatic nitrogens is 2. The molecule has 2 aliphatic rings. The first kappa shape index (κ1) is 9.29. The molecule has 0 aliphatic carbocycles. The van der Waals surface area contributed by atoms with E-state index in [1.165, 1.54) is 0 Å². The molecule has 15 heavy (non-hydrogen) atoms. The molecule has 0 amide bonds. The first-order chi connectivity index (χ1) is 7.27. The van der Waals surface area contributed by atoms with Gasteiger partial charge in [-0.05, 0) is 6.07 Å². The van der Waals surface area contributed by atoms with Crippen LogP contribution < -0.4 is 5.73 Å². The Morgan fingerprint density at radius 2 is 2.40 bits per heavy atom. The van der Waals surface area contributed by atoms with E-state index in [1.807, 2.05) is 0 Å². The Hall–Kier alpha value is -0.950. The minimum atomic E-state index is -0.684. The van der Waals surface area contributed by atoms with Gasteiger partial charge in [0.2, 0.25) is 0 Å². The van der Waals surface area contributed by atoms with Gasteiger partial charge in [0.25, 0.3) is 0 Å². The quantitative estimate of drug-likeness (QED) is 0.614. The van der Waals surface area contributed by atoms with E-state index in [0.717, 1.165) is 0 Å². The molecule has 2 bridgehead atoms. The molecule has 2 saturated heterocycles. The second kappa shape index (κ2) is 3.28. The van der Waals surface area contributed by atoms with Crippen LogP contribution in [0.3, 0.4) is 0 Å². The SMILES string of the molecule is N[C@H]1[C@H](O)[C@@H](n2cccn2)[C@@H]2OC[C@H]1O2. The van der Waals surface area contributed by atoms with Gasteiger partial charge in [-0.2, -0.15) is 5.10 Å². The van der Waals surface area contributed by atoms with Crippen LogP contribution in [0, 0.1) is 0 Å². The topological polar surface area (TPSA) is 82.5 Å². The predicted octanol–water partition coefficient (Wildman–Crippen LogP) is -1.13. The highest BCUT2D eigenvalue weighted by Crippen LogP contribution is 2.34. The van der Waals surface area contributed by atoms with Gasteiger partial charge >= 0.3 is 0 Å². The Morgan fingerprint density at radius 1 is 1.53 bits per heavy atom. The van der Waals surface area contributed by atoms with Gasteiger partial charge in [0.05, 0.1) is 18.8 Å². The molecule has 0 saturated carbocycles. The fraction of sp³-hybridized carbons (Fsp3) is 0.667. The Labute approximate surface area is 86.6 Å². The van der Waals surface area contributed by atoms with Crippen molar-refractivity contribution in [3.05, 3.63) is 18.5 Å². The van der Waals surface area contributed by atoms with E-state index in [2.05, 4.69) is 5.10 Å². The molecule has 2 aliphatic heterocycles. The summed E-state index contributed by atoms with van der Waals surface area (Å²) in [6.45, 7) is 0.445. The summed E-state index contributed by atoms with van der Waals surface area (Å²) in [4.78, 5) is 0. The van der Waals surface area contributed by atoms with Crippen LogP contribution in [-0.2, 0) is 9.47 Å². The second-order valence-electron chi connectivity index (χ2n) is 3.92. The Bertz CT molecular complexity index is 342. The number of aliphatic hydroxyl groups excluding tert-OH is 1. The van der Waals surface area contributed by atoms with E-state index < -0.39 is 18.4 Å². The summed E-state index contributed by atoms with van der Waals surface area (Å²) in [5.41, 5.74) is 5.86. The van der Waals surface area contributed by atoms with E-state index in [4.69, 9.17) is 15.2 Å². The maximum atomic E-state index is 10.0. The molecular formula is C9H13N3O3. The number of nitrogens with two attached hydrogens (primary N) is 1. The molecule has 0 unspecified atom stereocenters. The van der Waals surface area contributed by atoms with Crippen LogP contribution in [0.5, 0.6) is 0 Å². The molecule has 6 nitrogen and oxygen atoms in total. The van der Waals surface area contributed by atoms with Crippen molar-refractivity contribution >= 4 is 0 Å². The highest BCUT2D eigenvalue weighted by Gasteiger charge is 2.49. The van der Waals surface area contributed by atoms with Crippen molar-refractivity contribution in [2.24, 2.45) is 5.73 Å². The predicted molar refractivity (Wildman–Crippen MR) is 49.9 cm³/mol. The van der Waals surface area contributed by atoms with Gasteiger partial charge in [-0.25, -0.2) is 0 Å². The average Bonchev–Trinajstić information content (AvgIpc) is 2.85. The zero-order chi connectivity index (χ0) is 10.4. The van der Waals surface area contributed by atoms with Crippen molar-refractivity contribution in [3.8, 4) is 0 Å². The molecule has 3 rings (SSSR count). The van der Waals surface area contributed by atoms with Gasteiger partial charge in [0, 0.05) is 12.4 Å². The van der Waals surface area contributed by atoms with E-state index in [1.54, 1.807) is 23.1 Å². The van der Waals surface area contributed by atoms with Gasteiger partial charge < -0.3 is 20.3 Å². The minimum absolute atomic E-state index is 0.197. The summed E-state index contributed by atoms with van der Waals surface area (Å²) in [5, 5.41) is 14.1. The van der Waals surface area contributed by atoms with Crippen LogP contribution >= 0.6 is 0 Å². The summed E-state index contributed by atoms with van der Waals surface area (Å²) in [6, 6.07) is 1.02. The lowest BCUT2D eigenvalue weighted by molar-refractivity contribution is -0.163. The van der Waals surface area contributed by atoms with Crippen molar-refractivity contribution in [2.45, 2.75) is 30.6 Å². The molecule has 5 atom stereocenters. The number of rotatable bonds is 1. The molecular weight excluding hydrogens is 198 g/mol. The Kier molecular flexibility index (Phi) is 2.03. The molecule has 2 fully saturated rings. The highest BCUT2D eigenvalue weighted by atomic mass is 16.7. The molecule has 0 spiro atoms. The zero-order valence-electron chi connectivity index (χ0n) is 8.06. The van der Waals surface area contributed by atoms with Crippen LogP contribution in [0.4, 0.5) is 0 Å². The van der Waals surface area contributed by atoms with Gasteiger partial charge in [-0.15, -0.1) is 0 Å². The summed E-state index contributed by atoms with van der Waals surface area (Å²) < 4.78 is 12.6. The molecule has 3 N–H and O–H groups in total. The minimum Gasteiger partial charge on any atom is -0.389 e. The number of hydrogen-bond acceptors (Lipinski definition) is 5. The standard InChI is InChI=1S/C9H13N3O3/c10-6-5-4-14-9(15-5)7(8(6)13)12-3-1-2-11-12/h1-3,5-9,13H,4,10H2/t5-,6-,7-,8+,9-/m1/s1. The number of aliphatic hydroxyl groups is 1. The van der Waals surface area contributed by atoms with Crippen LogP contribution in [0.1, 0.15) is 6.04 Å². The van der Waals surface area contributed by atoms with Crippen molar-refractivity contribution in [1.29, 1.82) is 0 Å². The number of hydrogen-bond donors (Lipinski definition) is 2. The lowest BCUT2D eigenvalue weighted by Gasteiger charge is -2.36. The van der Waals surface area contributed by atoms with Crippen LogP contribution in [-0.4, -0.2) is 46.0 Å². The number of ether oxygens (including phenoxy) is 2. The van der Waals surface area contributed by atoms with Gasteiger partial charge in [0.15, 0.2) is 6.29 Å². The van der Waals surface area contributed by atoms with Crippen LogP contribution in [0.25, 0.3) is 0 Å². The third-order valence-electron chi connectivity index (χ3n) is 3.02. The lowest BCUT2D eigenvalue weighted by Crippen LogP contribution is -2.55. The maximum absolute atomic E-state index is 10.0. The summed E-state index contributed by atoms with van der Waals surface area (Å²) in [5.74, 6) is 0. The smallest absolute Gasteiger partial charge is 0.183 e. The normalized spacial score (nSPS) is 44.5. The Morgan fingerprint density at radius 3 is 3.13 bits per heavy atom. The van der Waals surface area contributed by atoms with Crippen molar-refractivity contribution in [2.75, 3.05) is 6.61 Å².